The molecule has 1 aliphatic rings. The standard InChI is InChI=1S/C19H32N4O2/c1-7-19(5,6)21-16-14-22(17(24)25-18(2,3)4)12-13-23(16)15-10-8-9-11-20-15/h8-11,16,21H,7,12-14H2,1-6H3. The molecule has 1 aliphatic heterocycles. The summed E-state index contributed by atoms with van der Waals surface area (Å²) in [7, 11) is 0. The van der Waals surface area contributed by atoms with Crippen LogP contribution in [0.4, 0.5) is 10.6 Å². The second-order valence-electron chi connectivity index (χ2n) is 8.21. The van der Waals surface area contributed by atoms with Crippen molar-refractivity contribution >= 4 is 11.9 Å². The first-order valence-corrected chi connectivity index (χ1v) is 9.04. The Bertz CT molecular complexity index is 569. The Hall–Kier alpha value is -1.82. The van der Waals surface area contributed by atoms with E-state index in [-0.39, 0.29) is 17.8 Å². The molecule has 0 aromatic carbocycles. The molecular formula is C19H32N4O2. The van der Waals surface area contributed by atoms with Crippen LogP contribution in [0, 0.1) is 0 Å². The van der Waals surface area contributed by atoms with Crippen LogP contribution in [0.5, 0.6) is 0 Å². The van der Waals surface area contributed by atoms with E-state index in [1.165, 1.54) is 0 Å². The molecule has 0 aliphatic carbocycles. The van der Waals surface area contributed by atoms with Crippen LogP contribution in [0.2, 0.25) is 0 Å². The fraction of sp³-hybridized carbons (Fsp3) is 0.684. The summed E-state index contributed by atoms with van der Waals surface area (Å²) in [6.07, 6.45) is 2.53. The van der Waals surface area contributed by atoms with Gasteiger partial charge < -0.3 is 14.5 Å². The first-order chi connectivity index (χ1) is 11.6. The van der Waals surface area contributed by atoms with Crippen LogP contribution in [0.25, 0.3) is 0 Å². The van der Waals surface area contributed by atoms with Crippen molar-refractivity contribution in [3.05, 3.63) is 24.4 Å². The van der Waals surface area contributed by atoms with Crippen LogP contribution >= 0.6 is 0 Å². The number of hydrogen-bond donors (Lipinski definition) is 1. The molecule has 6 heteroatoms. The fourth-order valence-corrected chi connectivity index (χ4v) is 2.75. The van der Waals surface area contributed by atoms with Crippen molar-refractivity contribution in [1.29, 1.82) is 0 Å². The Morgan fingerprint density at radius 1 is 1.28 bits per heavy atom. The van der Waals surface area contributed by atoms with Gasteiger partial charge in [-0.1, -0.05) is 13.0 Å². The molecule has 0 saturated carbocycles. The first-order valence-electron chi connectivity index (χ1n) is 9.04. The van der Waals surface area contributed by atoms with Crippen molar-refractivity contribution in [2.24, 2.45) is 0 Å². The maximum absolute atomic E-state index is 12.5. The number of hydrogen-bond acceptors (Lipinski definition) is 5. The molecule has 0 spiro atoms. The number of carbonyl (C=O) groups excluding carboxylic acids is 1. The minimum Gasteiger partial charge on any atom is -0.444 e. The maximum Gasteiger partial charge on any atom is 0.410 e. The van der Waals surface area contributed by atoms with Gasteiger partial charge in [0.05, 0.1) is 12.7 Å². The average Bonchev–Trinajstić information content (AvgIpc) is 2.53. The van der Waals surface area contributed by atoms with Crippen molar-refractivity contribution in [3.63, 3.8) is 0 Å². The average molecular weight is 348 g/mol. The van der Waals surface area contributed by atoms with E-state index >= 15 is 0 Å². The number of piperazine rings is 1. The van der Waals surface area contributed by atoms with Gasteiger partial charge in [0.15, 0.2) is 0 Å². The number of ether oxygens (including phenoxy) is 1. The summed E-state index contributed by atoms with van der Waals surface area (Å²) in [5.41, 5.74) is -0.518. The SMILES string of the molecule is CCC(C)(C)NC1CN(C(=O)OC(C)(C)C)CCN1c1ccccn1. The molecule has 1 aromatic heterocycles. The molecule has 0 bridgehead atoms. The summed E-state index contributed by atoms with van der Waals surface area (Å²) in [5, 5.41) is 3.68. The summed E-state index contributed by atoms with van der Waals surface area (Å²) >= 11 is 0. The molecule has 1 unspecified atom stereocenters. The lowest BCUT2D eigenvalue weighted by Crippen LogP contribution is -2.64. The van der Waals surface area contributed by atoms with E-state index in [0.717, 1.165) is 12.2 Å². The zero-order chi connectivity index (χ0) is 18.7. The number of carbonyl (C=O) groups is 1. The summed E-state index contributed by atoms with van der Waals surface area (Å²) in [6.45, 7) is 14.1. The Morgan fingerprint density at radius 2 is 2.00 bits per heavy atom. The van der Waals surface area contributed by atoms with E-state index in [1.807, 2.05) is 39.0 Å². The maximum atomic E-state index is 12.5. The number of anilines is 1. The minimum absolute atomic E-state index is 0.00822. The normalized spacial score (nSPS) is 19.0. The molecule has 1 saturated heterocycles. The van der Waals surface area contributed by atoms with Crippen LogP contribution in [0.1, 0.15) is 48.0 Å². The van der Waals surface area contributed by atoms with Gasteiger partial charge in [-0.2, -0.15) is 0 Å². The van der Waals surface area contributed by atoms with Gasteiger partial charge >= 0.3 is 6.09 Å². The van der Waals surface area contributed by atoms with Crippen molar-refractivity contribution in [2.75, 3.05) is 24.5 Å². The van der Waals surface area contributed by atoms with E-state index < -0.39 is 5.60 Å². The van der Waals surface area contributed by atoms with E-state index in [9.17, 15) is 4.79 Å². The van der Waals surface area contributed by atoms with Gasteiger partial charge in [-0.05, 0) is 53.2 Å². The predicted molar refractivity (Wildman–Crippen MR) is 101 cm³/mol. The summed E-state index contributed by atoms with van der Waals surface area (Å²) in [5.74, 6) is 0.927. The van der Waals surface area contributed by atoms with E-state index in [4.69, 9.17) is 4.74 Å². The van der Waals surface area contributed by atoms with E-state index in [0.29, 0.717) is 19.6 Å². The van der Waals surface area contributed by atoms with Crippen LogP contribution in [0.15, 0.2) is 24.4 Å². The van der Waals surface area contributed by atoms with Crippen molar-refractivity contribution in [3.8, 4) is 0 Å². The zero-order valence-corrected chi connectivity index (χ0v) is 16.4. The topological polar surface area (TPSA) is 57.7 Å². The zero-order valence-electron chi connectivity index (χ0n) is 16.4. The van der Waals surface area contributed by atoms with Gasteiger partial charge in [-0.15, -0.1) is 0 Å². The molecule has 140 valence electrons. The smallest absolute Gasteiger partial charge is 0.410 e. The minimum atomic E-state index is -0.485. The van der Waals surface area contributed by atoms with Crippen LogP contribution in [-0.4, -0.2) is 52.9 Å². The van der Waals surface area contributed by atoms with Gasteiger partial charge in [0.1, 0.15) is 11.4 Å². The number of pyridine rings is 1. The Balaban J connectivity index is 2.17. The Morgan fingerprint density at radius 3 is 2.56 bits per heavy atom. The third-order valence-electron chi connectivity index (χ3n) is 4.42. The van der Waals surface area contributed by atoms with Gasteiger partial charge in [-0.3, -0.25) is 5.32 Å². The number of amides is 1. The van der Waals surface area contributed by atoms with E-state index in [2.05, 4.69) is 36.0 Å². The summed E-state index contributed by atoms with van der Waals surface area (Å²) < 4.78 is 5.55. The molecular weight excluding hydrogens is 316 g/mol. The second kappa shape index (κ2) is 7.60. The van der Waals surface area contributed by atoms with Gasteiger partial charge in [0.25, 0.3) is 0 Å². The van der Waals surface area contributed by atoms with Gasteiger partial charge in [0.2, 0.25) is 0 Å². The molecule has 1 atom stereocenters. The molecule has 1 fully saturated rings. The lowest BCUT2D eigenvalue weighted by Gasteiger charge is -2.45. The van der Waals surface area contributed by atoms with Crippen LogP contribution in [-0.2, 0) is 4.74 Å². The van der Waals surface area contributed by atoms with E-state index in [1.54, 1.807) is 11.1 Å². The predicted octanol–water partition coefficient (Wildman–Crippen LogP) is 3.24. The highest BCUT2D eigenvalue weighted by Gasteiger charge is 2.34. The lowest BCUT2D eigenvalue weighted by atomic mass is 10.0. The molecule has 25 heavy (non-hydrogen) atoms. The molecule has 0 radical (unpaired) electrons. The first kappa shape index (κ1) is 19.5. The monoisotopic (exact) mass is 348 g/mol. The molecule has 6 nitrogen and oxygen atoms in total. The fourth-order valence-electron chi connectivity index (χ4n) is 2.75. The lowest BCUT2D eigenvalue weighted by molar-refractivity contribution is 0.0193. The molecule has 1 amide bonds. The highest BCUT2D eigenvalue weighted by Crippen LogP contribution is 2.21. The molecule has 2 rings (SSSR count). The van der Waals surface area contributed by atoms with Crippen molar-refractivity contribution in [2.45, 2.75) is 65.3 Å². The van der Waals surface area contributed by atoms with Gasteiger partial charge in [-0.25, -0.2) is 9.78 Å². The van der Waals surface area contributed by atoms with Crippen molar-refractivity contribution < 1.29 is 9.53 Å². The summed E-state index contributed by atoms with van der Waals surface area (Å²) in [4.78, 5) is 21.0. The number of nitrogens with zero attached hydrogens (tertiary/aromatic N) is 3. The quantitative estimate of drug-likeness (QED) is 0.905. The second-order valence-corrected chi connectivity index (χ2v) is 8.21. The largest absolute Gasteiger partial charge is 0.444 e. The highest BCUT2D eigenvalue weighted by molar-refractivity contribution is 5.68. The molecule has 2 heterocycles. The number of aromatic nitrogens is 1. The van der Waals surface area contributed by atoms with Crippen LogP contribution in [0.3, 0.4) is 0 Å². The number of rotatable bonds is 4. The highest BCUT2D eigenvalue weighted by atomic mass is 16.6. The third kappa shape index (κ3) is 5.59. The Labute approximate surface area is 151 Å². The molecule has 1 aromatic rings. The Kier molecular flexibility index (Phi) is 5.93. The summed E-state index contributed by atoms with van der Waals surface area (Å²) in [6, 6.07) is 5.92. The number of nitrogens with one attached hydrogen (secondary N) is 1. The van der Waals surface area contributed by atoms with Gasteiger partial charge in [0, 0.05) is 24.8 Å². The third-order valence-corrected chi connectivity index (χ3v) is 4.42. The molecule has 1 N–H and O–H groups in total. The van der Waals surface area contributed by atoms with Crippen LogP contribution < -0.4 is 10.2 Å². The van der Waals surface area contributed by atoms with Crippen molar-refractivity contribution in [1.82, 2.24) is 15.2 Å².